The van der Waals surface area contributed by atoms with Crippen molar-refractivity contribution in [1.82, 2.24) is 4.98 Å². The highest BCUT2D eigenvalue weighted by atomic mass is 32.1. The summed E-state index contributed by atoms with van der Waals surface area (Å²) in [5.41, 5.74) is 8.00. The van der Waals surface area contributed by atoms with Gasteiger partial charge in [-0.25, -0.2) is 14.2 Å². The lowest BCUT2D eigenvalue weighted by Crippen LogP contribution is -2.16. The van der Waals surface area contributed by atoms with Crippen molar-refractivity contribution in [3.8, 4) is 5.75 Å². The lowest BCUT2D eigenvalue weighted by atomic mass is 9.73. The van der Waals surface area contributed by atoms with Crippen molar-refractivity contribution >= 4 is 44.7 Å². The van der Waals surface area contributed by atoms with Crippen molar-refractivity contribution in [3.05, 3.63) is 100 Å². The largest absolute Gasteiger partial charge is 0.497 e. The van der Waals surface area contributed by atoms with Gasteiger partial charge in [-0.2, -0.15) is 0 Å². The number of aromatic nitrogens is 1. The standard InChI is InChI=1S/C29H24FNO3S/c1-34-22-11-12-23(24(30)16-22)29(19-3-2-4-19)28(21-10-13-26-25(15-21)31-17-35-26)20-8-5-18(6-9-20)7-14-27(32)33/h5-17,19H,2-4H2,1H3,(H,32,33)/b14-7+,29-28+. The first-order valence-electron chi connectivity index (χ1n) is 11.5. The topological polar surface area (TPSA) is 59.4 Å². The van der Waals surface area contributed by atoms with Gasteiger partial charge in [0.15, 0.2) is 0 Å². The Balaban J connectivity index is 1.74. The summed E-state index contributed by atoms with van der Waals surface area (Å²) in [4.78, 5) is 15.4. The van der Waals surface area contributed by atoms with Gasteiger partial charge in [0.1, 0.15) is 11.6 Å². The molecule has 1 aliphatic carbocycles. The number of rotatable bonds is 7. The number of allylic oxidation sites excluding steroid dienone is 1. The van der Waals surface area contributed by atoms with E-state index in [-0.39, 0.29) is 11.7 Å². The zero-order valence-electron chi connectivity index (χ0n) is 19.2. The summed E-state index contributed by atoms with van der Waals surface area (Å²) < 4.78 is 21.8. The second-order valence-electron chi connectivity index (χ2n) is 8.59. The average molecular weight is 486 g/mol. The predicted molar refractivity (Wildman–Crippen MR) is 139 cm³/mol. The molecule has 1 aliphatic rings. The molecule has 35 heavy (non-hydrogen) atoms. The van der Waals surface area contributed by atoms with Crippen LogP contribution in [0.2, 0.25) is 0 Å². The Hall–Kier alpha value is -3.77. The first-order chi connectivity index (χ1) is 17.0. The van der Waals surface area contributed by atoms with E-state index in [4.69, 9.17) is 9.84 Å². The number of halogens is 1. The number of fused-ring (bicyclic) bond motifs is 1. The molecule has 1 aromatic heterocycles. The SMILES string of the molecule is COc1ccc(/C(=C(\c2ccc(/C=C/C(=O)O)cc2)c2ccc3scnc3c2)C2CCC2)c(F)c1. The van der Waals surface area contributed by atoms with E-state index in [0.29, 0.717) is 11.3 Å². The highest BCUT2D eigenvalue weighted by molar-refractivity contribution is 7.16. The summed E-state index contributed by atoms with van der Waals surface area (Å²) in [6, 6.07) is 19.0. The first-order valence-corrected chi connectivity index (χ1v) is 12.3. The number of hydrogen-bond donors (Lipinski definition) is 1. The van der Waals surface area contributed by atoms with Gasteiger partial charge in [0.05, 0.1) is 22.8 Å². The van der Waals surface area contributed by atoms with E-state index >= 15 is 4.39 Å². The summed E-state index contributed by atoms with van der Waals surface area (Å²) >= 11 is 1.59. The Labute approximate surface area is 207 Å². The molecule has 6 heteroatoms. The van der Waals surface area contributed by atoms with Gasteiger partial charge in [-0.3, -0.25) is 0 Å². The third-order valence-corrected chi connectivity index (χ3v) is 7.30. The molecule has 0 amide bonds. The number of ether oxygens (including phenoxy) is 1. The maximum atomic E-state index is 15.5. The van der Waals surface area contributed by atoms with E-state index in [1.165, 1.54) is 13.2 Å². The molecule has 0 radical (unpaired) electrons. The number of carbonyl (C=O) groups is 1. The van der Waals surface area contributed by atoms with Crippen LogP contribution in [0.25, 0.3) is 27.4 Å². The highest BCUT2D eigenvalue weighted by Gasteiger charge is 2.29. The van der Waals surface area contributed by atoms with Crippen LogP contribution in [-0.2, 0) is 4.79 Å². The van der Waals surface area contributed by atoms with Crippen molar-refractivity contribution in [3.63, 3.8) is 0 Å². The molecule has 1 fully saturated rings. The summed E-state index contributed by atoms with van der Waals surface area (Å²) in [6.07, 6.45) is 5.80. The Morgan fingerprint density at radius 2 is 1.86 bits per heavy atom. The molecule has 0 unspecified atom stereocenters. The van der Waals surface area contributed by atoms with Gasteiger partial charge >= 0.3 is 5.97 Å². The van der Waals surface area contributed by atoms with Crippen LogP contribution in [0.1, 0.15) is 41.5 Å². The fourth-order valence-electron chi connectivity index (χ4n) is 4.52. The van der Waals surface area contributed by atoms with E-state index < -0.39 is 5.97 Å². The average Bonchev–Trinajstić information content (AvgIpc) is 3.30. The molecule has 4 aromatic rings. The minimum absolute atomic E-state index is 0.241. The third-order valence-electron chi connectivity index (χ3n) is 6.49. The molecule has 1 saturated carbocycles. The molecule has 0 saturated heterocycles. The number of nitrogens with zero attached hydrogens (tertiary/aromatic N) is 1. The van der Waals surface area contributed by atoms with Crippen LogP contribution in [0.5, 0.6) is 5.75 Å². The Kier molecular flexibility index (Phi) is 6.47. The molecule has 0 bridgehead atoms. The second kappa shape index (κ2) is 9.84. The molecule has 1 N–H and O–H groups in total. The number of aliphatic carboxylic acids is 1. The van der Waals surface area contributed by atoms with Gasteiger partial charge in [0.2, 0.25) is 0 Å². The maximum Gasteiger partial charge on any atom is 0.328 e. The fourth-order valence-corrected chi connectivity index (χ4v) is 5.18. The summed E-state index contributed by atoms with van der Waals surface area (Å²) in [5, 5.41) is 8.95. The minimum Gasteiger partial charge on any atom is -0.497 e. The van der Waals surface area contributed by atoms with Gasteiger partial charge in [0, 0.05) is 17.7 Å². The van der Waals surface area contributed by atoms with Crippen molar-refractivity contribution < 1.29 is 19.0 Å². The molecular weight excluding hydrogens is 461 g/mol. The van der Waals surface area contributed by atoms with Crippen molar-refractivity contribution in [1.29, 1.82) is 0 Å². The van der Waals surface area contributed by atoms with Crippen LogP contribution in [-0.4, -0.2) is 23.2 Å². The van der Waals surface area contributed by atoms with Crippen LogP contribution >= 0.6 is 11.3 Å². The van der Waals surface area contributed by atoms with E-state index in [9.17, 15) is 4.79 Å². The number of methoxy groups -OCH3 is 1. The molecule has 0 aliphatic heterocycles. The molecule has 0 spiro atoms. The zero-order chi connectivity index (χ0) is 24.4. The van der Waals surface area contributed by atoms with Gasteiger partial charge in [0.25, 0.3) is 0 Å². The number of hydrogen-bond acceptors (Lipinski definition) is 4. The maximum absolute atomic E-state index is 15.5. The summed E-state index contributed by atoms with van der Waals surface area (Å²) in [5.74, 6) is -0.571. The molecule has 176 valence electrons. The Bertz CT molecular complexity index is 1450. The predicted octanol–water partition coefficient (Wildman–Crippen LogP) is 7.30. The zero-order valence-corrected chi connectivity index (χ0v) is 20.0. The van der Waals surface area contributed by atoms with E-state index in [1.807, 2.05) is 35.8 Å². The number of carboxylic acid groups (broad SMARTS) is 1. The highest BCUT2D eigenvalue weighted by Crippen LogP contribution is 2.46. The lowest BCUT2D eigenvalue weighted by molar-refractivity contribution is -0.131. The summed E-state index contributed by atoms with van der Waals surface area (Å²) in [7, 11) is 1.53. The van der Waals surface area contributed by atoms with E-state index in [1.54, 1.807) is 23.5 Å². The first kappa shape index (κ1) is 23.0. The number of benzene rings is 3. The molecule has 0 atom stereocenters. The van der Waals surface area contributed by atoms with Crippen LogP contribution in [0.15, 0.2) is 72.3 Å². The van der Waals surface area contributed by atoms with Gasteiger partial charge in [-0.1, -0.05) is 36.8 Å². The van der Waals surface area contributed by atoms with E-state index in [2.05, 4.69) is 23.2 Å². The Morgan fingerprint density at radius 1 is 1.09 bits per heavy atom. The van der Waals surface area contributed by atoms with Crippen molar-refractivity contribution in [2.75, 3.05) is 7.11 Å². The van der Waals surface area contributed by atoms with Crippen LogP contribution in [0.3, 0.4) is 0 Å². The van der Waals surface area contributed by atoms with Gasteiger partial charge < -0.3 is 9.84 Å². The Morgan fingerprint density at radius 3 is 2.51 bits per heavy atom. The molecule has 3 aromatic carbocycles. The lowest BCUT2D eigenvalue weighted by Gasteiger charge is -2.32. The molecule has 4 nitrogen and oxygen atoms in total. The van der Waals surface area contributed by atoms with Crippen LogP contribution in [0.4, 0.5) is 4.39 Å². The number of carboxylic acids is 1. The molecule has 5 rings (SSSR count). The van der Waals surface area contributed by atoms with Crippen molar-refractivity contribution in [2.45, 2.75) is 19.3 Å². The summed E-state index contributed by atoms with van der Waals surface area (Å²) in [6.45, 7) is 0. The normalized spacial score (nSPS) is 14.7. The van der Waals surface area contributed by atoms with Crippen LogP contribution < -0.4 is 4.74 Å². The van der Waals surface area contributed by atoms with E-state index in [0.717, 1.165) is 63.4 Å². The smallest absolute Gasteiger partial charge is 0.328 e. The molecular formula is C29H24FNO3S. The number of thiazole rings is 1. The van der Waals surface area contributed by atoms with Crippen LogP contribution in [0, 0.1) is 11.7 Å². The second-order valence-corrected chi connectivity index (χ2v) is 9.48. The van der Waals surface area contributed by atoms with Gasteiger partial charge in [-0.05, 0) is 76.9 Å². The third kappa shape index (κ3) is 4.75. The minimum atomic E-state index is -0.992. The quantitative estimate of drug-likeness (QED) is 0.220. The van der Waals surface area contributed by atoms with Gasteiger partial charge in [-0.15, -0.1) is 11.3 Å². The molecule has 1 heterocycles. The fraction of sp³-hybridized carbons (Fsp3) is 0.172. The monoisotopic (exact) mass is 485 g/mol. The van der Waals surface area contributed by atoms with Crippen molar-refractivity contribution in [2.24, 2.45) is 5.92 Å².